The van der Waals surface area contributed by atoms with E-state index in [-0.39, 0.29) is 17.4 Å². The number of carbonyl (C=O) groups excluding carboxylic acids is 1. The lowest BCUT2D eigenvalue weighted by Gasteiger charge is -2.35. The summed E-state index contributed by atoms with van der Waals surface area (Å²) in [5.41, 5.74) is 6.57. The van der Waals surface area contributed by atoms with Gasteiger partial charge >= 0.3 is 0 Å². The van der Waals surface area contributed by atoms with Gasteiger partial charge < -0.3 is 15.6 Å². The van der Waals surface area contributed by atoms with E-state index in [9.17, 15) is 4.79 Å². The standard InChI is InChI=1S/C12H20N4O/c1-9(11(13)17)16-8-15-7-10(16)12(2)3-5-14-6-4-12/h7-9,14H,3-6H2,1-2H3,(H2,13,17). The van der Waals surface area contributed by atoms with E-state index in [1.54, 1.807) is 6.33 Å². The van der Waals surface area contributed by atoms with E-state index in [2.05, 4.69) is 17.2 Å². The summed E-state index contributed by atoms with van der Waals surface area (Å²) < 4.78 is 1.91. The van der Waals surface area contributed by atoms with Crippen molar-refractivity contribution in [3.8, 4) is 0 Å². The molecule has 2 rings (SSSR count). The maximum absolute atomic E-state index is 11.3. The molecule has 0 radical (unpaired) electrons. The van der Waals surface area contributed by atoms with E-state index in [1.807, 2.05) is 17.7 Å². The number of hydrogen-bond donors (Lipinski definition) is 2. The molecule has 1 saturated heterocycles. The van der Waals surface area contributed by atoms with Crippen LogP contribution >= 0.6 is 0 Å². The molecule has 1 aromatic heterocycles. The van der Waals surface area contributed by atoms with Crippen molar-refractivity contribution in [2.45, 2.75) is 38.1 Å². The molecule has 3 N–H and O–H groups in total. The second-order valence-corrected chi connectivity index (χ2v) is 5.08. The van der Waals surface area contributed by atoms with Crippen LogP contribution in [0.1, 0.15) is 38.4 Å². The lowest BCUT2D eigenvalue weighted by Crippen LogP contribution is -2.40. The van der Waals surface area contributed by atoms with Crippen molar-refractivity contribution in [2.24, 2.45) is 5.73 Å². The maximum atomic E-state index is 11.3. The quantitative estimate of drug-likeness (QED) is 0.806. The van der Waals surface area contributed by atoms with E-state index in [4.69, 9.17) is 5.73 Å². The van der Waals surface area contributed by atoms with Crippen LogP contribution in [0.4, 0.5) is 0 Å². The Labute approximate surface area is 101 Å². The largest absolute Gasteiger partial charge is 0.368 e. The Balaban J connectivity index is 2.32. The van der Waals surface area contributed by atoms with Crippen LogP contribution in [0.15, 0.2) is 12.5 Å². The van der Waals surface area contributed by atoms with Crippen LogP contribution in [-0.2, 0) is 10.2 Å². The van der Waals surface area contributed by atoms with Gasteiger partial charge in [0.05, 0.1) is 6.33 Å². The minimum absolute atomic E-state index is 0.0888. The van der Waals surface area contributed by atoms with E-state index in [0.717, 1.165) is 31.6 Å². The number of primary amides is 1. The molecule has 1 fully saturated rings. The highest BCUT2D eigenvalue weighted by Gasteiger charge is 2.33. The summed E-state index contributed by atoms with van der Waals surface area (Å²) in [6, 6.07) is -0.334. The monoisotopic (exact) mass is 236 g/mol. The number of rotatable bonds is 3. The lowest BCUT2D eigenvalue weighted by atomic mass is 9.78. The molecule has 94 valence electrons. The van der Waals surface area contributed by atoms with Gasteiger partial charge in [0.25, 0.3) is 0 Å². The lowest BCUT2D eigenvalue weighted by molar-refractivity contribution is -0.120. The van der Waals surface area contributed by atoms with Crippen molar-refractivity contribution in [3.05, 3.63) is 18.2 Å². The molecule has 0 saturated carbocycles. The number of hydrogen-bond acceptors (Lipinski definition) is 3. The third-order valence-electron chi connectivity index (χ3n) is 3.82. The number of carbonyl (C=O) groups is 1. The van der Waals surface area contributed by atoms with Crippen LogP contribution in [0, 0.1) is 0 Å². The second-order valence-electron chi connectivity index (χ2n) is 5.08. The summed E-state index contributed by atoms with van der Waals surface area (Å²) in [6.07, 6.45) is 5.69. The van der Waals surface area contributed by atoms with Gasteiger partial charge in [-0.1, -0.05) is 6.92 Å². The van der Waals surface area contributed by atoms with Crippen molar-refractivity contribution in [1.82, 2.24) is 14.9 Å². The average Bonchev–Trinajstić information content (AvgIpc) is 2.78. The first-order chi connectivity index (χ1) is 8.04. The number of nitrogens with two attached hydrogens (primary N) is 1. The molecule has 1 aromatic rings. The van der Waals surface area contributed by atoms with Crippen LogP contribution in [0.2, 0.25) is 0 Å². The Morgan fingerprint density at radius 2 is 2.24 bits per heavy atom. The molecule has 0 spiro atoms. The predicted octanol–water partition coefficient (Wildman–Crippen LogP) is 0.570. The van der Waals surface area contributed by atoms with E-state index in [1.165, 1.54) is 0 Å². The van der Waals surface area contributed by atoms with Gasteiger partial charge in [-0.3, -0.25) is 4.79 Å². The number of imidazole rings is 1. The minimum Gasteiger partial charge on any atom is -0.368 e. The Morgan fingerprint density at radius 1 is 1.59 bits per heavy atom. The second kappa shape index (κ2) is 4.49. The zero-order chi connectivity index (χ0) is 12.5. The van der Waals surface area contributed by atoms with Crippen LogP contribution in [0.3, 0.4) is 0 Å². The first-order valence-corrected chi connectivity index (χ1v) is 6.07. The molecular weight excluding hydrogens is 216 g/mol. The summed E-state index contributed by atoms with van der Waals surface area (Å²) in [6.45, 7) is 6.06. The molecule has 0 aliphatic carbocycles. The molecule has 0 aromatic carbocycles. The number of aromatic nitrogens is 2. The number of nitrogens with one attached hydrogen (secondary N) is 1. The fraction of sp³-hybridized carbons (Fsp3) is 0.667. The smallest absolute Gasteiger partial charge is 0.240 e. The zero-order valence-corrected chi connectivity index (χ0v) is 10.4. The highest BCUT2D eigenvalue weighted by atomic mass is 16.1. The van der Waals surface area contributed by atoms with Gasteiger partial charge in [-0.15, -0.1) is 0 Å². The van der Waals surface area contributed by atoms with Crippen molar-refractivity contribution in [2.75, 3.05) is 13.1 Å². The fourth-order valence-corrected chi connectivity index (χ4v) is 2.45. The zero-order valence-electron chi connectivity index (χ0n) is 10.4. The Hall–Kier alpha value is -1.36. The van der Waals surface area contributed by atoms with Crippen LogP contribution in [0.25, 0.3) is 0 Å². The molecule has 5 heteroatoms. The molecular formula is C12H20N4O. The van der Waals surface area contributed by atoms with E-state index < -0.39 is 0 Å². The predicted molar refractivity (Wildman–Crippen MR) is 65.6 cm³/mol. The summed E-state index contributed by atoms with van der Waals surface area (Å²) in [5.74, 6) is -0.318. The van der Waals surface area contributed by atoms with Crippen LogP contribution < -0.4 is 11.1 Å². The molecule has 2 heterocycles. The third kappa shape index (κ3) is 2.20. The molecule has 5 nitrogen and oxygen atoms in total. The van der Waals surface area contributed by atoms with Gasteiger partial charge in [0.2, 0.25) is 5.91 Å². The maximum Gasteiger partial charge on any atom is 0.240 e. The van der Waals surface area contributed by atoms with Gasteiger partial charge in [0.15, 0.2) is 0 Å². The van der Waals surface area contributed by atoms with Crippen LogP contribution in [-0.4, -0.2) is 28.5 Å². The third-order valence-corrected chi connectivity index (χ3v) is 3.82. The minimum atomic E-state index is -0.334. The Morgan fingerprint density at radius 3 is 2.82 bits per heavy atom. The number of piperidine rings is 1. The average molecular weight is 236 g/mol. The van der Waals surface area contributed by atoms with Gasteiger partial charge in [-0.05, 0) is 32.9 Å². The van der Waals surface area contributed by atoms with Crippen molar-refractivity contribution >= 4 is 5.91 Å². The summed E-state index contributed by atoms with van der Waals surface area (Å²) in [5, 5.41) is 3.35. The molecule has 1 aliphatic heterocycles. The first kappa shape index (κ1) is 12.1. The van der Waals surface area contributed by atoms with E-state index >= 15 is 0 Å². The first-order valence-electron chi connectivity index (χ1n) is 6.07. The molecule has 1 unspecified atom stereocenters. The van der Waals surface area contributed by atoms with Gasteiger partial charge in [0.1, 0.15) is 6.04 Å². The highest BCUT2D eigenvalue weighted by molar-refractivity contribution is 5.78. The number of nitrogens with zero attached hydrogens (tertiary/aromatic N) is 2. The summed E-state index contributed by atoms with van der Waals surface area (Å²) in [7, 11) is 0. The van der Waals surface area contributed by atoms with E-state index in [0.29, 0.717) is 0 Å². The van der Waals surface area contributed by atoms with Gasteiger partial charge in [-0.25, -0.2) is 4.98 Å². The molecule has 1 aliphatic rings. The van der Waals surface area contributed by atoms with Crippen molar-refractivity contribution < 1.29 is 4.79 Å². The Kier molecular flexibility index (Phi) is 3.19. The molecule has 1 amide bonds. The van der Waals surface area contributed by atoms with Crippen LogP contribution in [0.5, 0.6) is 0 Å². The van der Waals surface area contributed by atoms with Crippen molar-refractivity contribution in [1.29, 1.82) is 0 Å². The topological polar surface area (TPSA) is 72.9 Å². The summed E-state index contributed by atoms with van der Waals surface area (Å²) in [4.78, 5) is 15.5. The SMILES string of the molecule is CC(C(N)=O)n1cncc1C1(C)CCNCC1. The molecule has 0 bridgehead atoms. The summed E-state index contributed by atoms with van der Waals surface area (Å²) >= 11 is 0. The number of amides is 1. The Bertz CT molecular complexity index is 406. The normalized spacial score (nSPS) is 21.1. The highest BCUT2D eigenvalue weighted by Crippen LogP contribution is 2.33. The van der Waals surface area contributed by atoms with Gasteiger partial charge in [-0.2, -0.15) is 0 Å². The van der Waals surface area contributed by atoms with Gasteiger partial charge in [0, 0.05) is 17.3 Å². The van der Waals surface area contributed by atoms with Crippen molar-refractivity contribution in [3.63, 3.8) is 0 Å². The molecule has 17 heavy (non-hydrogen) atoms. The molecule has 1 atom stereocenters. The fourth-order valence-electron chi connectivity index (χ4n) is 2.45.